The molecule has 6 nitrogen and oxygen atoms in total. The number of amides is 4. The molecule has 1 aliphatic heterocycles. The first-order chi connectivity index (χ1) is 12.4. The molecule has 1 aromatic rings. The number of hydrogen-bond acceptors (Lipinski definition) is 3. The summed E-state index contributed by atoms with van der Waals surface area (Å²) in [5, 5.41) is 5.99. The van der Waals surface area contributed by atoms with E-state index in [0.29, 0.717) is 11.4 Å². The quantitative estimate of drug-likeness (QED) is 0.510. The van der Waals surface area contributed by atoms with Crippen LogP contribution in [0.25, 0.3) is 0 Å². The summed E-state index contributed by atoms with van der Waals surface area (Å²) in [6.07, 6.45) is 4.67. The Kier molecular flexibility index (Phi) is 7.03. The van der Waals surface area contributed by atoms with Crippen LogP contribution in [-0.4, -0.2) is 34.8 Å². The molecule has 1 aromatic carbocycles. The zero-order valence-electron chi connectivity index (χ0n) is 15.3. The second-order valence-corrected chi connectivity index (χ2v) is 7.24. The molecule has 0 aromatic heterocycles. The molecule has 4 amide bonds. The van der Waals surface area contributed by atoms with Crippen LogP contribution in [0.2, 0.25) is 5.02 Å². The third-order valence-electron chi connectivity index (χ3n) is 4.61. The van der Waals surface area contributed by atoms with Crippen LogP contribution >= 0.6 is 11.6 Å². The first-order valence-corrected chi connectivity index (χ1v) is 9.39. The van der Waals surface area contributed by atoms with E-state index in [2.05, 4.69) is 17.6 Å². The van der Waals surface area contributed by atoms with Crippen molar-refractivity contribution in [2.75, 3.05) is 6.54 Å². The topological polar surface area (TPSA) is 78.5 Å². The minimum Gasteiger partial charge on any atom is -0.350 e. The Bertz CT molecular complexity index is 680. The van der Waals surface area contributed by atoms with Crippen LogP contribution < -0.4 is 10.6 Å². The molecule has 1 saturated heterocycles. The van der Waals surface area contributed by atoms with Crippen molar-refractivity contribution in [3.63, 3.8) is 0 Å². The van der Waals surface area contributed by atoms with Gasteiger partial charge in [-0.2, -0.15) is 0 Å². The molecule has 1 fully saturated rings. The first-order valence-electron chi connectivity index (χ1n) is 9.01. The van der Waals surface area contributed by atoms with Crippen molar-refractivity contribution >= 4 is 29.4 Å². The number of carbonyl (C=O) groups excluding carboxylic acids is 3. The first kappa shape index (κ1) is 20.2. The van der Waals surface area contributed by atoms with Crippen molar-refractivity contribution in [2.45, 2.75) is 58.0 Å². The lowest BCUT2D eigenvalue weighted by Gasteiger charge is -2.21. The largest absolute Gasteiger partial charge is 0.350 e. The molecule has 0 unspecified atom stereocenters. The fourth-order valence-electron chi connectivity index (χ4n) is 3.00. The molecule has 1 atom stereocenters. The standard InChI is InChI=1S/C19H26ClN3O3/c1-3-4-5-8-11-19(2)17(25)23(18(26)22-19)13-16(24)21-12-14-9-6-7-10-15(14)20/h6-7,9-10H,3-5,8,11-13H2,1-2H3,(H,21,24)(H,22,26)/t19-/m1/s1. The highest BCUT2D eigenvalue weighted by molar-refractivity contribution is 6.31. The fourth-order valence-corrected chi connectivity index (χ4v) is 3.20. The maximum atomic E-state index is 12.6. The zero-order chi connectivity index (χ0) is 19.2. The number of nitrogens with zero attached hydrogens (tertiary/aromatic N) is 1. The number of unbranched alkanes of at least 4 members (excludes halogenated alkanes) is 3. The molecular weight excluding hydrogens is 354 g/mol. The van der Waals surface area contributed by atoms with E-state index in [1.54, 1.807) is 13.0 Å². The monoisotopic (exact) mass is 379 g/mol. The Morgan fingerprint density at radius 2 is 1.96 bits per heavy atom. The Balaban J connectivity index is 1.88. The SMILES string of the molecule is CCCCCC[C@@]1(C)NC(=O)N(CC(=O)NCc2ccccc2Cl)C1=O. The van der Waals surface area contributed by atoms with Gasteiger partial charge in [0.05, 0.1) is 0 Å². The number of hydrogen-bond donors (Lipinski definition) is 2. The maximum Gasteiger partial charge on any atom is 0.325 e. The number of urea groups is 1. The van der Waals surface area contributed by atoms with Gasteiger partial charge < -0.3 is 10.6 Å². The number of benzene rings is 1. The Labute approximate surface area is 159 Å². The maximum absolute atomic E-state index is 12.6. The minimum atomic E-state index is -0.923. The van der Waals surface area contributed by atoms with Crippen molar-refractivity contribution in [3.8, 4) is 0 Å². The minimum absolute atomic E-state index is 0.246. The number of rotatable bonds is 9. The molecular formula is C19H26ClN3O3. The molecule has 0 spiro atoms. The van der Waals surface area contributed by atoms with Gasteiger partial charge in [0.15, 0.2) is 0 Å². The van der Waals surface area contributed by atoms with E-state index in [-0.39, 0.29) is 19.0 Å². The van der Waals surface area contributed by atoms with Gasteiger partial charge in [0, 0.05) is 11.6 Å². The second-order valence-electron chi connectivity index (χ2n) is 6.83. The van der Waals surface area contributed by atoms with Crippen molar-refractivity contribution in [1.29, 1.82) is 0 Å². The van der Waals surface area contributed by atoms with Crippen molar-refractivity contribution in [2.24, 2.45) is 0 Å². The number of halogens is 1. The summed E-state index contributed by atoms with van der Waals surface area (Å²) in [6.45, 7) is 3.80. The lowest BCUT2D eigenvalue weighted by molar-refractivity contribution is -0.134. The second kappa shape index (κ2) is 9.03. The molecule has 26 heavy (non-hydrogen) atoms. The zero-order valence-corrected chi connectivity index (χ0v) is 16.1. The fraction of sp³-hybridized carbons (Fsp3) is 0.526. The summed E-state index contributed by atoms with van der Waals surface area (Å²) in [6, 6.07) is 6.67. The average Bonchev–Trinajstić information content (AvgIpc) is 2.81. The number of carbonyl (C=O) groups is 3. The van der Waals surface area contributed by atoms with Gasteiger partial charge >= 0.3 is 6.03 Å². The van der Waals surface area contributed by atoms with Crippen LogP contribution in [0.1, 0.15) is 51.5 Å². The Hall–Kier alpha value is -2.08. The van der Waals surface area contributed by atoms with E-state index in [1.807, 2.05) is 18.2 Å². The molecule has 142 valence electrons. The third kappa shape index (κ3) is 4.97. The van der Waals surface area contributed by atoms with E-state index in [4.69, 9.17) is 11.6 Å². The van der Waals surface area contributed by atoms with Crippen molar-refractivity contribution in [1.82, 2.24) is 15.5 Å². The number of imide groups is 1. The van der Waals surface area contributed by atoms with Crippen LogP contribution in [0.5, 0.6) is 0 Å². The van der Waals surface area contributed by atoms with Gasteiger partial charge in [0.2, 0.25) is 5.91 Å². The molecule has 0 saturated carbocycles. The van der Waals surface area contributed by atoms with Crippen LogP contribution in [-0.2, 0) is 16.1 Å². The lowest BCUT2D eigenvalue weighted by atomic mass is 9.94. The summed E-state index contributed by atoms with van der Waals surface area (Å²) in [4.78, 5) is 37.9. The van der Waals surface area contributed by atoms with Gasteiger partial charge in [-0.1, -0.05) is 62.4 Å². The van der Waals surface area contributed by atoms with E-state index in [0.717, 1.165) is 36.1 Å². The highest BCUT2D eigenvalue weighted by Gasteiger charge is 2.47. The molecule has 1 heterocycles. The van der Waals surface area contributed by atoms with Crippen LogP contribution in [0, 0.1) is 0 Å². The van der Waals surface area contributed by atoms with Crippen LogP contribution in [0.3, 0.4) is 0 Å². The van der Waals surface area contributed by atoms with Gasteiger partial charge in [0.1, 0.15) is 12.1 Å². The van der Waals surface area contributed by atoms with E-state index in [1.165, 1.54) is 0 Å². The lowest BCUT2D eigenvalue weighted by Crippen LogP contribution is -2.45. The Morgan fingerprint density at radius 1 is 1.23 bits per heavy atom. The predicted molar refractivity (Wildman–Crippen MR) is 101 cm³/mol. The highest BCUT2D eigenvalue weighted by Crippen LogP contribution is 2.24. The van der Waals surface area contributed by atoms with Crippen LogP contribution in [0.15, 0.2) is 24.3 Å². The van der Waals surface area contributed by atoms with Gasteiger partial charge in [0.25, 0.3) is 5.91 Å². The van der Waals surface area contributed by atoms with Gasteiger partial charge in [-0.3, -0.25) is 14.5 Å². The third-order valence-corrected chi connectivity index (χ3v) is 4.98. The molecule has 2 rings (SSSR count). The predicted octanol–water partition coefficient (Wildman–Crippen LogP) is 3.24. The summed E-state index contributed by atoms with van der Waals surface area (Å²) in [5.74, 6) is -0.740. The molecule has 7 heteroatoms. The van der Waals surface area contributed by atoms with Crippen molar-refractivity contribution in [3.05, 3.63) is 34.9 Å². The molecule has 1 aliphatic rings. The summed E-state index contributed by atoms with van der Waals surface area (Å²) in [7, 11) is 0. The summed E-state index contributed by atoms with van der Waals surface area (Å²) < 4.78 is 0. The van der Waals surface area contributed by atoms with Gasteiger partial charge in [-0.15, -0.1) is 0 Å². The van der Waals surface area contributed by atoms with E-state index < -0.39 is 17.5 Å². The molecule has 0 bridgehead atoms. The summed E-state index contributed by atoms with van der Waals surface area (Å²) in [5.41, 5.74) is -0.145. The van der Waals surface area contributed by atoms with E-state index in [9.17, 15) is 14.4 Å². The molecule has 2 N–H and O–H groups in total. The summed E-state index contributed by atoms with van der Waals surface area (Å²) >= 11 is 6.05. The molecule has 0 radical (unpaired) electrons. The van der Waals surface area contributed by atoms with E-state index >= 15 is 0 Å². The normalized spacial score (nSPS) is 19.6. The number of nitrogens with one attached hydrogen (secondary N) is 2. The Morgan fingerprint density at radius 3 is 2.65 bits per heavy atom. The van der Waals surface area contributed by atoms with Gasteiger partial charge in [-0.05, 0) is 25.0 Å². The molecule has 0 aliphatic carbocycles. The van der Waals surface area contributed by atoms with Crippen molar-refractivity contribution < 1.29 is 14.4 Å². The average molecular weight is 380 g/mol. The van der Waals surface area contributed by atoms with Crippen LogP contribution in [0.4, 0.5) is 4.79 Å². The highest BCUT2D eigenvalue weighted by atomic mass is 35.5. The van der Waals surface area contributed by atoms with Gasteiger partial charge in [-0.25, -0.2) is 4.79 Å². The smallest absolute Gasteiger partial charge is 0.325 e.